The van der Waals surface area contributed by atoms with Crippen molar-refractivity contribution in [3.8, 4) is 0 Å². The molecule has 0 spiro atoms. The van der Waals surface area contributed by atoms with Crippen LogP contribution in [-0.4, -0.2) is 67.4 Å². The summed E-state index contributed by atoms with van der Waals surface area (Å²) >= 11 is 1.68. The van der Waals surface area contributed by atoms with Crippen molar-refractivity contribution >= 4 is 23.5 Å². The molecule has 1 unspecified atom stereocenters. The quantitative estimate of drug-likeness (QED) is 0.666. The average Bonchev–Trinajstić information content (AvgIpc) is 2.71. The molecular weight excluding hydrogens is 356 g/mol. The lowest BCUT2D eigenvalue weighted by molar-refractivity contribution is -0.00977. The summed E-state index contributed by atoms with van der Waals surface area (Å²) in [6.45, 7) is 11.1. The predicted molar refractivity (Wildman–Crippen MR) is 115 cm³/mol. The maximum Gasteiger partial charge on any atom is 0.319 e. The van der Waals surface area contributed by atoms with Crippen LogP contribution >= 0.6 is 11.8 Å². The van der Waals surface area contributed by atoms with E-state index >= 15 is 0 Å². The Labute approximate surface area is 168 Å². The molecular formula is C21H34N4OS. The zero-order valence-electron chi connectivity index (χ0n) is 16.9. The summed E-state index contributed by atoms with van der Waals surface area (Å²) in [6, 6.07) is 8.35. The molecule has 150 valence electrons. The minimum Gasteiger partial charge on any atom is -0.336 e. The maximum atomic E-state index is 12.3. The largest absolute Gasteiger partial charge is 0.336 e. The Morgan fingerprint density at radius 1 is 1.33 bits per heavy atom. The second-order valence-corrected chi connectivity index (χ2v) is 8.63. The highest BCUT2D eigenvalue weighted by Crippen LogP contribution is 2.36. The van der Waals surface area contributed by atoms with E-state index in [2.05, 4.69) is 40.3 Å². The predicted octanol–water partition coefficient (Wildman–Crippen LogP) is 3.58. The van der Waals surface area contributed by atoms with Crippen LogP contribution in [0.25, 0.3) is 0 Å². The van der Waals surface area contributed by atoms with Gasteiger partial charge in [0, 0.05) is 36.3 Å². The first kappa shape index (κ1) is 20.5. The fourth-order valence-electron chi connectivity index (χ4n) is 4.57. The van der Waals surface area contributed by atoms with Crippen molar-refractivity contribution in [2.75, 3.05) is 50.8 Å². The smallest absolute Gasteiger partial charge is 0.319 e. The average molecular weight is 391 g/mol. The third-order valence-electron chi connectivity index (χ3n) is 6.23. The van der Waals surface area contributed by atoms with E-state index in [9.17, 15) is 4.79 Å². The molecule has 0 radical (unpaired) electrons. The molecule has 2 amide bonds. The number of carbonyl (C=O) groups excluding carboxylic acids is 1. The summed E-state index contributed by atoms with van der Waals surface area (Å²) in [5.74, 6) is 1.60. The highest BCUT2D eigenvalue weighted by molar-refractivity contribution is 7.98. The number of fused-ring (bicyclic) bond motifs is 3. The second kappa shape index (κ2) is 9.80. The lowest BCUT2D eigenvalue weighted by Gasteiger charge is -2.50. The molecule has 1 aromatic carbocycles. The minimum absolute atomic E-state index is 0.101. The first-order valence-corrected chi connectivity index (χ1v) is 11.5. The molecule has 2 bridgehead atoms. The van der Waals surface area contributed by atoms with E-state index in [1.807, 2.05) is 24.5 Å². The number of hydrogen-bond acceptors (Lipinski definition) is 4. The van der Waals surface area contributed by atoms with Crippen molar-refractivity contribution < 1.29 is 4.79 Å². The molecule has 3 aliphatic rings. The Morgan fingerprint density at radius 3 is 2.81 bits per heavy atom. The highest BCUT2D eigenvalue weighted by atomic mass is 32.2. The lowest BCUT2D eigenvalue weighted by Crippen LogP contribution is -2.58. The van der Waals surface area contributed by atoms with E-state index in [-0.39, 0.29) is 6.03 Å². The van der Waals surface area contributed by atoms with Gasteiger partial charge in [-0.1, -0.05) is 19.9 Å². The number of amides is 2. The van der Waals surface area contributed by atoms with Crippen LogP contribution in [0.2, 0.25) is 0 Å². The molecule has 6 heteroatoms. The van der Waals surface area contributed by atoms with Gasteiger partial charge >= 0.3 is 6.03 Å². The van der Waals surface area contributed by atoms with Crippen LogP contribution in [-0.2, 0) is 0 Å². The Bertz CT molecular complexity index is 622. The summed E-state index contributed by atoms with van der Waals surface area (Å²) in [6.07, 6.45) is 4.57. The van der Waals surface area contributed by atoms with Gasteiger partial charge in [-0.25, -0.2) is 4.79 Å². The number of hydrogen-bond donors (Lipinski definition) is 2. The first-order valence-electron chi connectivity index (χ1n) is 10.3. The maximum absolute atomic E-state index is 12.3. The van der Waals surface area contributed by atoms with Crippen LogP contribution < -0.4 is 10.6 Å². The van der Waals surface area contributed by atoms with Crippen LogP contribution in [0.5, 0.6) is 0 Å². The van der Waals surface area contributed by atoms with Gasteiger partial charge in [-0.2, -0.15) is 0 Å². The molecule has 4 rings (SSSR count). The van der Waals surface area contributed by atoms with Gasteiger partial charge in [0.1, 0.15) is 0 Å². The van der Waals surface area contributed by atoms with Gasteiger partial charge in [-0.15, -0.1) is 11.8 Å². The van der Waals surface area contributed by atoms with E-state index in [1.54, 1.807) is 11.8 Å². The number of nitrogens with one attached hydrogen (secondary N) is 2. The number of nitrogens with zero attached hydrogens (tertiary/aromatic N) is 2. The molecule has 0 aromatic heterocycles. The van der Waals surface area contributed by atoms with Gasteiger partial charge in [-0.05, 0) is 68.8 Å². The van der Waals surface area contributed by atoms with Gasteiger partial charge in [0.2, 0.25) is 0 Å². The van der Waals surface area contributed by atoms with E-state index < -0.39 is 0 Å². The topological polar surface area (TPSA) is 47.6 Å². The summed E-state index contributed by atoms with van der Waals surface area (Å²) in [5.41, 5.74) is 0.851. The third-order valence-corrected chi connectivity index (χ3v) is 6.95. The van der Waals surface area contributed by atoms with E-state index in [0.29, 0.717) is 6.04 Å². The number of piperidine rings is 3. The molecule has 3 aliphatic heterocycles. The summed E-state index contributed by atoms with van der Waals surface area (Å²) in [5, 5.41) is 6.05. The van der Waals surface area contributed by atoms with Crippen molar-refractivity contribution in [1.29, 1.82) is 0 Å². The Morgan fingerprint density at radius 2 is 2.15 bits per heavy atom. The molecule has 3 fully saturated rings. The standard InChI is InChI=1S/C21H34N4OS/c1-4-24(5-2)14-17-15-25-10-9-16(17)11-19(25)13-22-21(26)23-18-7-6-8-20(12-18)27-3/h6-8,12,16-17,19H,4-5,9-11,13-15H2,1-3H3,(H2,22,23,26)/t16-,17-,19+/m0/s1. The summed E-state index contributed by atoms with van der Waals surface area (Å²) in [4.78, 5) is 18.6. The molecule has 1 aromatic rings. The molecule has 3 saturated heterocycles. The normalized spacial score (nSPS) is 27.0. The van der Waals surface area contributed by atoms with E-state index in [0.717, 1.165) is 42.1 Å². The van der Waals surface area contributed by atoms with Crippen molar-refractivity contribution in [3.63, 3.8) is 0 Å². The molecule has 0 saturated carbocycles. The van der Waals surface area contributed by atoms with Crippen LogP contribution in [0.15, 0.2) is 29.2 Å². The molecule has 0 aliphatic carbocycles. The van der Waals surface area contributed by atoms with E-state index in [4.69, 9.17) is 0 Å². The minimum atomic E-state index is -0.101. The molecule has 5 nitrogen and oxygen atoms in total. The fraction of sp³-hybridized carbons (Fsp3) is 0.667. The van der Waals surface area contributed by atoms with Crippen molar-refractivity contribution in [2.24, 2.45) is 11.8 Å². The van der Waals surface area contributed by atoms with Gasteiger partial charge < -0.3 is 15.5 Å². The van der Waals surface area contributed by atoms with Gasteiger partial charge in [0.15, 0.2) is 0 Å². The monoisotopic (exact) mass is 390 g/mol. The second-order valence-electron chi connectivity index (χ2n) is 7.75. The Hall–Kier alpha value is -1.24. The Balaban J connectivity index is 1.46. The SMILES string of the molecule is CCN(CC)C[C@H]1CN2CC[C@H]1C[C@@H]2CNC(=O)Nc1cccc(SC)c1. The first-order chi connectivity index (χ1) is 13.1. The number of thioether (sulfide) groups is 1. The fourth-order valence-corrected chi connectivity index (χ4v) is 5.03. The summed E-state index contributed by atoms with van der Waals surface area (Å²) in [7, 11) is 0. The van der Waals surface area contributed by atoms with Crippen LogP contribution in [0, 0.1) is 11.8 Å². The van der Waals surface area contributed by atoms with Gasteiger partial charge in [-0.3, -0.25) is 4.90 Å². The van der Waals surface area contributed by atoms with Crippen molar-refractivity contribution in [2.45, 2.75) is 37.6 Å². The molecule has 27 heavy (non-hydrogen) atoms. The van der Waals surface area contributed by atoms with Gasteiger partial charge in [0.25, 0.3) is 0 Å². The van der Waals surface area contributed by atoms with Crippen LogP contribution in [0.1, 0.15) is 26.7 Å². The number of benzene rings is 1. The number of carbonyl (C=O) groups is 1. The van der Waals surface area contributed by atoms with Crippen molar-refractivity contribution in [1.82, 2.24) is 15.1 Å². The lowest BCUT2D eigenvalue weighted by atomic mass is 9.75. The summed E-state index contributed by atoms with van der Waals surface area (Å²) < 4.78 is 0. The van der Waals surface area contributed by atoms with Crippen LogP contribution in [0.3, 0.4) is 0 Å². The number of urea groups is 1. The number of rotatable bonds is 8. The van der Waals surface area contributed by atoms with E-state index in [1.165, 1.54) is 32.5 Å². The van der Waals surface area contributed by atoms with Crippen LogP contribution in [0.4, 0.5) is 10.5 Å². The zero-order valence-corrected chi connectivity index (χ0v) is 17.7. The van der Waals surface area contributed by atoms with Crippen molar-refractivity contribution in [3.05, 3.63) is 24.3 Å². The highest BCUT2D eigenvalue weighted by Gasteiger charge is 2.40. The Kier molecular flexibility index (Phi) is 7.44. The molecule has 3 heterocycles. The van der Waals surface area contributed by atoms with Gasteiger partial charge in [0.05, 0.1) is 0 Å². The third kappa shape index (κ3) is 5.39. The zero-order chi connectivity index (χ0) is 19.2. The number of anilines is 1. The molecule has 4 atom stereocenters. The molecule has 2 N–H and O–H groups in total.